The minimum atomic E-state index is -0.218. The molecule has 0 aliphatic heterocycles. The maximum atomic E-state index is 12.4. The average Bonchev–Trinajstić information content (AvgIpc) is 3.21. The number of nitrogens with one attached hydrogen (secondary N) is 1. The molecule has 0 saturated carbocycles. The van der Waals surface area contributed by atoms with Gasteiger partial charge in [-0.1, -0.05) is 18.2 Å². The number of para-hydroxylation sites is 2. The highest BCUT2D eigenvalue weighted by Crippen LogP contribution is 2.16. The molecule has 126 valence electrons. The Hall–Kier alpha value is -2.18. The Kier molecular flexibility index (Phi) is 4.97. The van der Waals surface area contributed by atoms with Crippen LogP contribution in [0, 0.1) is 0 Å². The first-order valence-electron chi connectivity index (χ1n) is 7.97. The van der Waals surface area contributed by atoms with Crippen LogP contribution >= 0.6 is 11.3 Å². The number of imidazole rings is 1. The van der Waals surface area contributed by atoms with E-state index in [4.69, 9.17) is 0 Å². The standard InChI is InChI=1S/C18H22N4OS/c1-13(18(23)19-11-14-7-6-10-24-14)21(2)12-17-20-15-8-4-5-9-16(15)22(17)3/h4-10,13H,11-12H2,1-3H3,(H,19,23). The smallest absolute Gasteiger partial charge is 0.237 e. The van der Waals surface area contributed by atoms with Crippen LogP contribution in [0.5, 0.6) is 0 Å². The van der Waals surface area contributed by atoms with Crippen molar-refractivity contribution in [2.24, 2.45) is 7.05 Å². The summed E-state index contributed by atoms with van der Waals surface area (Å²) < 4.78 is 2.09. The van der Waals surface area contributed by atoms with Crippen molar-refractivity contribution in [2.75, 3.05) is 7.05 Å². The number of hydrogen-bond acceptors (Lipinski definition) is 4. The number of amides is 1. The van der Waals surface area contributed by atoms with Crippen LogP contribution in [0.25, 0.3) is 11.0 Å². The second-order valence-electron chi connectivity index (χ2n) is 5.96. The van der Waals surface area contributed by atoms with Gasteiger partial charge in [0.15, 0.2) is 0 Å². The van der Waals surface area contributed by atoms with E-state index in [1.165, 1.54) is 0 Å². The Morgan fingerprint density at radius 2 is 2.12 bits per heavy atom. The lowest BCUT2D eigenvalue weighted by Crippen LogP contribution is -2.42. The maximum absolute atomic E-state index is 12.4. The summed E-state index contributed by atoms with van der Waals surface area (Å²) in [6.07, 6.45) is 0. The minimum absolute atomic E-state index is 0.0321. The lowest BCUT2D eigenvalue weighted by atomic mass is 10.2. The molecule has 1 unspecified atom stereocenters. The molecule has 3 rings (SSSR count). The molecule has 0 radical (unpaired) electrons. The molecule has 1 N–H and O–H groups in total. The molecule has 0 bridgehead atoms. The van der Waals surface area contributed by atoms with Gasteiger partial charge >= 0.3 is 0 Å². The van der Waals surface area contributed by atoms with Gasteiger partial charge in [0, 0.05) is 11.9 Å². The van der Waals surface area contributed by atoms with Crippen molar-refractivity contribution in [1.82, 2.24) is 19.8 Å². The number of thiophene rings is 1. The summed E-state index contributed by atoms with van der Waals surface area (Å²) in [4.78, 5) is 20.2. The first-order valence-corrected chi connectivity index (χ1v) is 8.85. The number of hydrogen-bond donors (Lipinski definition) is 1. The predicted molar refractivity (Wildman–Crippen MR) is 97.8 cm³/mol. The summed E-state index contributed by atoms with van der Waals surface area (Å²) in [7, 11) is 3.97. The summed E-state index contributed by atoms with van der Waals surface area (Å²) >= 11 is 1.65. The maximum Gasteiger partial charge on any atom is 0.237 e. The average molecular weight is 342 g/mol. The number of aromatic nitrogens is 2. The number of rotatable bonds is 6. The van der Waals surface area contributed by atoms with E-state index in [0.717, 1.165) is 21.7 Å². The van der Waals surface area contributed by atoms with Crippen molar-refractivity contribution in [1.29, 1.82) is 0 Å². The van der Waals surface area contributed by atoms with E-state index < -0.39 is 0 Å². The van der Waals surface area contributed by atoms with Crippen molar-refractivity contribution >= 4 is 28.3 Å². The molecule has 0 saturated heterocycles. The molecule has 2 heterocycles. The molecule has 2 aromatic heterocycles. The molecule has 0 aliphatic rings. The molecule has 0 fully saturated rings. The van der Waals surface area contributed by atoms with Crippen molar-refractivity contribution in [3.05, 3.63) is 52.5 Å². The van der Waals surface area contributed by atoms with Crippen molar-refractivity contribution < 1.29 is 4.79 Å². The molecule has 0 aliphatic carbocycles. The number of likely N-dealkylation sites (N-methyl/N-ethyl adjacent to an activating group) is 1. The zero-order chi connectivity index (χ0) is 17.1. The Bertz CT molecular complexity index is 825. The molecule has 0 spiro atoms. The molecule has 1 amide bonds. The monoisotopic (exact) mass is 342 g/mol. The lowest BCUT2D eigenvalue weighted by Gasteiger charge is -2.23. The van der Waals surface area contributed by atoms with Gasteiger partial charge in [0.2, 0.25) is 5.91 Å². The second kappa shape index (κ2) is 7.15. The molecule has 5 nitrogen and oxygen atoms in total. The van der Waals surface area contributed by atoms with Crippen LogP contribution < -0.4 is 5.32 Å². The molecule has 1 atom stereocenters. The van der Waals surface area contributed by atoms with Crippen LogP contribution in [-0.4, -0.2) is 33.4 Å². The summed E-state index contributed by atoms with van der Waals surface area (Å²) in [5.74, 6) is 0.987. The van der Waals surface area contributed by atoms with E-state index in [1.807, 2.05) is 61.6 Å². The first-order chi connectivity index (χ1) is 11.6. The van der Waals surface area contributed by atoms with Crippen LogP contribution in [0.15, 0.2) is 41.8 Å². The number of fused-ring (bicyclic) bond motifs is 1. The summed E-state index contributed by atoms with van der Waals surface area (Å²) in [6, 6.07) is 11.9. The van der Waals surface area contributed by atoms with Gasteiger partial charge in [0.1, 0.15) is 5.82 Å². The van der Waals surface area contributed by atoms with Crippen molar-refractivity contribution in [3.8, 4) is 0 Å². The topological polar surface area (TPSA) is 50.2 Å². The molecular weight excluding hydrogens is 320 g/mol. The zero-order valence-electron chi connectivity index (χ0n) is 14.2. The zero-order valence-corrected chi connectivity index (χ0v) is 15.0. The third-order valence-corrected chi connectivity index (χ3v) is 5.20. The van der Waals surface area contributed by atoms with Crippen LogP contribution in [-0.2, 0) is 24.9 Å². The van der Waals surface area contributed by atoms with Gasteiger partial charge in [0.25, 0.3) is 0 Å². The fourth-order valence-corrected chi connectivity index (χ4v) is 3.28. The number of benzene rings is 1. The van der Waals surface area contributed by atoms with Gasteiger partial charge in [-0.2, -0.15) is 0 Å². The number of carbonyl (C=O) groups excluding carboxylic acids is 1. The third kappa shape index (κ3) is 3.49. The minimum Gasteiger partial charge on any atom is -0.350 e. The van der Waals surface area contributed by atoms with Gasteiger partial charge in [0.05, 0.1) is 30.2 Å². The molecule has 1 aromatic carbocycles. The first kappa shape index (κ1) is 16.7. The largest absolute Gasteiger partial charge is 0.350 e. The highest BCUT2D eigenvalue weighted by molar-refractivity contribution is 7.09. The Morgan fingerprint density at radius 1 is 1.33 bits per heavy atom. The van der Waals surface area contributed by atoms with E-state index in [1.54, 1.807) is 11.3 Å². The highest BCUT2D eigenvalue weighted by Gasteiger charge is 2.20. The van der Waals surface area contributed by atoms with Gasteiger partial charge < -0.3 is 9.88 Å². The lowest BCUT2D eigenvalue weighted by molar-refractivity contribution is -0.125. The molecular formula is C18H22N4OS. The molecule has 6 heteroatoms. The van der Waals surface area contributed by atoms with Gasteiger partial charge in [-0.25, -0.2) is 4.98 Å². The van der Waals surface area contributed by atoms with E-state index in [0.29, 0.717) is 13.1 Å². The fraction of sp³-hybridized carbons (Fsp3) is 0.333. The Morgan fingerprint density at radius 3 is 2.83 bits per heavy atom. The normalized spacial score (nSPS) is 12.7. The Balaban J connectivity index is 1.63. The van der Waals surface area contributed by atoms with Gasteiger partial charge in [-0.05, 0) is 37.6 Å². The molecule has 24 heavy (non-hydrogen) atoms. The van der Waals surface area contributed by atoms with E-state index in [2.05, 4.69) is 20.9 Å². The van der Waals surface area contributed by atoms with Crippen LogP contribution in [0.2, 0.25) is 0 Å². The SMILES string of the molecule is CC(C(=O)NCc1cccs1)N(C)Cc1nc2ccccc2n1C. The second-order valence-corrected chi connectivity index (χ2v) is 7.00. The number of nitrogens with zero attached hydrogens (tertiary/aromatic N) is 3. The van der Waals surface area contributed by atoms with E-state index in [-0.39, 0.29) is 11.9 Å². The van der Waals surface area contributed by atoms with Gasteiger partial charge in [-0.15, -0.1) is 11.3 Å². The third-order valence-electron chi connectivity index (χ3n) is 4.33. The summed E-state index contributed by atoms with van der Waals surface area (Å²) in [5.41, 5.74) is 2.09. The van der Waals surface area contributed by atoms with Crippen LogP contribution in [0.4, 0.5) is 0 Å². The van der Waals surface area contributed by atoms with Gasteiger partial charge in [-0.3, -0.25) is 9.69 Å². The summed E-state index contributed by atoms with van der Waals surface area (Å²) in [5, 5.41) is 5.01. The summed E-state index contributed by atoms with van der Waals surface area (Å²) in [6.45, 7) is 3.13. The number of carbonyl (C=O) groups is 1. The Labute approximate surface area is 145 Å². The fourth-order valence-electron chi connectivity index (χ4n) is 2.63. The van der Waals surface area contributed by atoms with Crippen LogP contribution in [0.1, 0.15) is 17.6 Å². The number of aryl methyl sites for hydroxylation is 1. The van der Waals surface area contributed by atoms with Crippen molar-refractivity contribution in [2.45, 2.75) is 26.1 Å². The van der Waals surface area contributed by atoms with Crippen molar-refractivity contribution in [3.63, 3.8) is 0 Å². The van der Waals surface area contributed by atoms with Crippen LogP contribution in [0.3, 0.4) is 0 Å². The van der Waals surface area contributed by atoms with E-state index >= 15 is 0 Å². The predicted octanol–water partition coefficient (Wildman–Crippen LogP) is 2.77. The van der Waals surface area contributed by atoms with E-state index in [9.17, 15) is 4.79 Å². The quantitative estimate of drug-likeness (QED) is 0.749. The highest BCUT2D eigenvalue weighted by atomic mass is 32.1. The molecule has 3 aromatic rings.